The van der Waals surface area contributed by atoms with Gasteiger partial charge in [-0.1, -0.05) is 128 Å². The third kappa shape index (κ3) is 8.55. The molecule has 0 spiro atoms. The van der Waals surface area contributed by atoms with Crippen LogP contribution in [-0.2, 0) is 39.5 Å². The normalized spacial score (nSPS) is 12.4. The Labute approximate surface area is 273 Å². The van der Waals surface area contributed by atoms with Crippen LogP contribution >= 0.6 is 0 Å². The van der Waals surface area contributed by atoms with Crippen LogP contribution in [0.4, 0.5) is 0 Å². The van der Waals surface area contributed by atoms with E-state index in [-0.39, 0.29) is 5.97 Å². The molecular formula is C41H44O5. The molecule has 0 fully saturated rings. The van der Waals surface area contributed by atoms with Gasteiger partial charge in [-0.05, 0) is 66.6 Å². The fourth-order valence-corrected chi connectivity index (χ4v) is 5.70. The Kier molecular flexibility index (Phi) is 11.8. The van der Waals surface area contributed by atoms with Crippen molar-refractivity contribution in [3.63, 3.8) is 0 Å². The molecule has 0 aromatic heterocycles. The topological polar surface area (TPSA) is 54.0 Å². The van der Waals surface area contributed by atoms with E-state index in [1.165, 1.54) is 0 Å². The Balaban J connectivity index is 1.18. The second-order valence-corrected chi connectivity index (χ2v) is 11.6. The zero-order valence-corrected chi connectivity index (χ0v) is 27.0. The summed E-state index contributed by atoms with van der Waals surface area (Å²) in [5.74, 6) is 1.21. The summed E-state index contributed by atoms with van der Waals surface area (Å²) < 4.78 is 24.5. The fraction of sp³-hybridized carbons (Fsp3) is 0.293. The first-order valence-corrected chi connectivity index (χ1v) is 16.3. The molecule has 5 nitrogen and oxygen atoms in total. The fourth-order valence-electron chi connectivity index (χ4n) is 5.70. The average molecular weight is 617 g/mol. The molecule has 238 valence electrons. The molecule has 5 aromatic carbocycles. The van der Waals surface area contributed by atoms with Gasteiger partial charge in [-0.25, -0.2) is 4.79 Å². The van der Waals surface area contributed by atoms with Gasteiger partial charge in [-0.2, -0.15) is 0 Å². The zero-order chi connectivity index (χ0) is 32.0. The molecule has 5 aromatic rings. The molecule has 0 bridgehead atoms. The second kappa shape index (κ2) is 16.6. The number of ether oxygens (including phenoxy) is 4. The van der Waals surface area contributed by atoms with Crippen molar-refractivity contribution in [3.05, 3.63) is 144 Å². The van der Waals surface area contributed by atoms with E-state index in [2.05, 4.69) is 30.3 Å². The molecule has 0 saturated heterocycles. The standard InChI is InChI=1S/C41H44O5/c1-3-43-40(42)41(2,37-27-16-24-34-22-13-14-26-36(34)37)46-29-15-5-4-12-23-35-25-17-28-38(44-30-32-18-8-6-9-19-32)39(35)45-31-33-20-10-7-11-21-33/h6-11,13-14,16-22,24-28H,3-5,12,15,23,29-31H2,1-2H3/t41-/m0/s1. The maximum absolute atomic E-state index is 13.2. The molecule has 46 heavy (non-hydrogen) atoms. The molecule has 5 heteroatoms. The lowest BCUT2D eigenvalue weighted by Crippen LogP contribution is -2.38. The van der Waals surface area contributed by atoms with Crippen LogP contribution in [-0.4, -0.2) is 19.2 Å². The van der Waals surface area contributed by atoms with E-state index in [4.69, 9.17) is 18.9 Å². The number of hydrogen-bond acceptors (Lipinski definition) is 5. The number of unbranched alkanes of at least 4 members (excludes halogenated alkanes) is 3. The number of hydrogen-bond donors (Lipinski definition) is 0. The van der Waals surface area contributed by atoms with Crippen molar-refractivity contribution in [1.29, 1.82) is 0 Å². The van der Waals surface area contributed by atoms with Gasteiger partial charge in [0.1, 0.15) is 13.2 Å². The second-order valence-electron chi connectivity index (χ2n) is 11.6. The average Bonchev–Trinajstić information content (AvgIpc) is 3.10. The third-order valence-corrected chi connectivity index (χ3v) is 8.22. The summed E-state index contributed by atoms with van der Waals surface area (Å²) in [7, 11) is 0. The molecule has 0 aliphatic rings. The highest BCUT2D eigenvalue weighted by molar-refractivity contribution is 5.92. The minimum absolute atomic E-state index is 0.304. The van der Waals surface area contributed by atoms with Gasteiger partial charge in [0.2, 0.25) is 0 Å². The molecule has 0 aliphatic heterocycles. The Morgan fingerprint density at radius 3 is 2.02 bits per heavy atom. The van der Waals surface area contributed by atoms with Gasteiger partial charge in [0.25, 0.3) is 0 Å². The Bertz CT molecular complexity index is 1660. The monoisotopic (exact) mass is 616 g/mol. The molecule has 0 radical (unpaired) electrons. The van der Waals surface area contributed by atoms with Gasteiger partial charge in [0.05, 0.1) is 6.61 Å². The van der Waals surface area contributed by atoms with E-state index in [1.54, 1.807) is 0 Å². The minimum atomic E-state index is -1.18. The lowest BCUT2D eigenvalue weighted by molar-refractivity contribution is -0.171. The van der Waals surface area contributed by atoms with Gasteiger partial charge >= 0.3 is 5.97 Å². The Morgan fingerprint density at radius 1 is 0.652 bits per heavy atom. The first-order chi connectivity index (χ1) is 22.6. The number of carbonyl (C=O) groups is 1. The summed E-state index contributed by atoms with van der Waals surface area (Å²) in [5, 5.41) is 2.07. The highest BCUT2D eigenvalue weighted by Gasteiger charge is 2.39. The van der Waals surface area contributed by atoms with E-state index in [0.29, 0.717) is 26.4 Å². The summed E-state index contributed by atoms with van der Waals surface area (Å²) in [6.45, 7) is 5.38. The highest BCUT2D eigenvalue weighted by atomic mass is 16.6. The number of fused-ring (bicyclic) bond motifs is 1. The van der Waals surface area contributed by atoms with Gasteiger partial charge in [-0.15, -0.1) is 0 Å². The van der Waals surface area contributed by atoms with Crippen LogP contribution in [0.1, 0.15) is 61.8 Å². The number of rotatable bonds is 17. The Hall–Kier alpha value is -4.61. The Morgan fingerprint density at radius 2 is 1.28 bits per heavy atom. The summed E-state index contributed by atoms with van der Waals surface area (Å²) in [6.07, 6.45) is 4.74. The molecule has 0 aliphatic carbocycles. The van der Waals surface area contributed by atoms with Crippen LogP contribution in [0.25, 0.3) is 10.8 Å². The van der Waals surface area contributed by atoms with Crippen LogP contribution in [0.15, 0.2) is 121 Å². The minimum Gasteiger partial charge on any atom is -0.485 e. The largest absolute Gasteiger partial charge is 0.485 e. The number of benzene rings is 5. The number of carbonyl (C=O) groups excluding carboxylic acids is 1. The van der Waals surface area contributed by atoms with Crippen molar-refractivity contribution in [2.24, 2.45) is 0 Å². The SMILES string of the molecule is CCOC(=O)[C@@](C)(OCCCCCCc1cccc(OCc2ccccc2)c1OCc1ccccc1)c1cccc2ccccc12. The summed E-state index contributed by atoms with van der Waals surface area (Å²) in [4.78, 5) is 13.2. The molecule has 5 rings (SSSR count). The van der Waals surface area contributed by atoms with E-state index in [9.17, 15) is 4.79 Å². The van der Waals surface area contributed by atoms with Crippen molar-refractivity contribution in [2.45, 2.75) is 64.8 Å². The summed E-state index contributed by atoms with van der Waals surface area (Å²) in [6, 6.07) is 40.6. The van der Waals surface area contributed by atoms with Gasteiger partial charge in [0, 0.05) is 12.2 Å². The number of esters is 1. The number of aryl methyl sites for hydroxylation is 1. The maximum atomic E-state index is 13.2. The predicted octanol–water partition coefficient (Wildman–Crippen LogP) is 9.60. The molecule has 0 saturated carbocycles. The van der Waals surface area contributed by atoms with Crippen molar-refractivity contribution < 1.29 is 23.7 Å². The van der Waals surface area contributed by atoms with Crippen molar-refractivity contribution in [3.8, 4) is 11.5 Å². The molecule has 0 amide bonds. The number of para-hydroxylation sites is 1. The lowest BCUT2D eigenvalue weighted by Gasteiger charge is -2.29. The van der Waals surface area contributed by atoms with E-state index in [0.717, 1.165) is 76.6 Å². The first kappa shape index (κ1) is 32.8. The molecule has 1 atom stereocenters. The van der Waals surface area contributed by atoms with Crippen LogP contribution < -0.4 is 9.47 Å². The van der Waals surface area contributed by atoms with Gasteiger partial charge < -0.3 is 18.9 Å². The predicted molar refractivity (Wildman–Crippen MR) is 184 cm³/mol. The van der Waals surface area contributed by atoms with Crippen LogP contribution in [0, 0.1) is 0 Å². The van der Waals surface area contributed by atoms with E-state index >= 15 is 0 Å². The summed E-state index contributed by atoms with van der Waals surface area (Å²) >= 11 is 0. The van der Waals surface area contributed by atoms with Gasteiger partial charge in [-0.3, -0.25) is 0 Å². The van der Waals surface area contributed by atoms with E-state index < -0.39 is 5.60 Å². The smallest absolute Gasteiger partial charge is 0.342 e. The maximum Gasteiger partial charge on any atom is 0.342 e. The van der Waals surface area contributed by atoms with Crippen molar-refractivity contribution in [1.82, 2.24) is 0 Å². The third-order valence-electron chi connectivity index (χ3n) is 8.22. The zero-order valence-electron chi connectivity index (χ0n) is 27.0. The first-order valence-electron chi connectivity index (χ1n) is 16.3. The van der Waals surface area contributed by atoms with Crippen molar-refractivity contribution in [2.75, 3.05) is 13.2 Å². The van der Waals surface area contributed by atoms with Crippen LogP contribution in [0.3, 0.4) is 0 Å². The van der Waals surface area contributed by atoms with Crippen LogP contribution in [0.5, 0.6) is 11.5 Å². The molecule has 0 unspecified atom stereocenters. The quantitative estimate of drug-likeness (QED) is 0.0769. The molecule has 0 N–H and O–H groups in total. The van der Waals surface area contributed by atoms with E-state index in [1.807, 2.05) is 105 Å². The van der Waals surface area contributed by atoms with Crippen LogP contribution in [0.2, 0.25) is 0 Å². The highest BCUT2D eigenvalue weighted by Crippen LogP contribution is 2.35. The van der Waals surface area contributed by atoms with Crippen molar-refractivity contribution >= 4 is 16.7 Å². The molecule has 0 heterocycles. The lowest BCUT2D eigenvalue weighted by atomic mass is 9.90. The summed E-state index contributed by atoms with van der Waals surface area (Å²) in [5.41, 5.74) is 3.03. The molecular weight excluding hydrogens is 572 g/mol. The van der Waals surface area contributed by atoms with Gasteiger partial charge in [0.15, 0.2) is 17.1 Å².